The number of rotatable bonds is 2. The van der Waals surface area contributed by atoms with Crippen LogP contribution in [0.15, 0.2) is 28.7 Å². The van der Waals surface area contributed by atoms with Crippen LogP contribution in [0.25, 0.3) is 0 Å². The van der Waals surface area contributed by atoms with Crippen molar-refractivity contribution in [2.24, 2.45) is 0 Å². The van der Waals surface area contributed by atoms with E-state index in [1.165, 1.54) is 23.2 Å². The molecule has 18 heavy (non-hydrogen) atoms. The summed E-state index contributed by atoms with van der Waals surface area (Å²) in [6, 6.07) is 8.22. The number of hydrogen-bond donors (Lipinski definition) is 1. The largest absolute Gasteiger partial charge is 0.347 e. The Labute approximate surface area is 120 Å². The second-order valence-corrected chi connectivity index (χ2v) is 5.81. The van der Waals surface area contributed by atoms with Crippen molar-refractivity contribution in [2.75, 3.05) is 0 Å². The number of benzene rings is 1. The molecular formula is C14H13BrN2S. The van der Waals surface area contributed by atoms with E-state index in [2.05, 4.69) is 38.0 Å². The fourth-order valence-corrected chi connectivity index (χ4v) is 3.18. The number of aromatic nitrogens is 2. The molecule has 0 fully saturated rings. The van der Waals surface area contributed by atoms with Gasteiger partial charge in [0.05, 0.1) is 0 Å². The summed E-state index contributed by atoms with van der Waals surface area (Å²) in [6.07, 6.45) is 4.16. The van der Waals surface area contributed by atoms with Crippen LogP contribution in [0.5, 0.6) is 0 Å². The predicted molar refractivity (Wildman–Crippen MR) is 78.4 cm³/mol. The van der Waals surface area contributed by atoms with Crippen molar-refractivity contribution >= 4 is 28.1 Å². The van der Waals surface area contributed by atoms with Gasteiger partial charge in [0.25, 0.3) is 0 Å². The maximum atomic E-state index is 5.37. The Hall–Kier alpha value is -1.00. The molecular weight excluding hydrogens is 308 g/mol. The predicted octanol–water partition coefficient (Wildman–Crippen LogP) is 3.98. The van der Waals surface area contributed by atoms with Gasteiger partial charge in [-0.15, -0.1) is 0 Å². The van der Waals surface area contributed by atoms with Gasteiger partial charge in [0, 0.05) is 22.2 Å². The van der Waals surface area contributed by atoms with E-state index < -0.39 is 0 Å². The smallest absolute Gasteiger partial charge is 0.133 e. The zero-order chi connectivity index (χ0) is 12.5. The van der Waals surface area contributed by atoms with Crippen molar-refractivity contribution in [3.63, 3.8) is 0 Å². The van der Waals surface area contributed by atoms with E-state index in [4.69, 9.17) is 12.2 Å². The number of H-pyrrole nitrogens is 1. The highest BCUT2D eigenvalue weighted by molar-refractivity contribution is 9.10. The molecule has 1 N–H and O–H groups in total. The summed E-state index contributed by atoms with van der Waals surface area (Å²) in [5.74, 6) is 0.965. The van der Waals surface area contributed by atoms with Crippen molar-refractivity contribution in [1.29, 1.82) is 0 Å². The number of aromatic amines is 1. The van der Waals surface area contributed by atoms with E-state index >= 15 is 0 Å². The lowest BCUT2D eigenvalue weighted by atomic mass is 10.1. The number of aryl methyl sites for hydroxylation is 1. The van der Waals surface area contributed by atoms with E-state index in [0.29, 0.717) is 0 Å². The van der Waals surface area contributed by atoms with E-state index in [1.807, 2.05) is 12.1 Å². The SMILES string of the molecule is S=c1nc(Cc2ccccc2Br)[nH]c2c1CCC2. The highest BCUT2D eigenvalue weighted by Gasteiger charge is 2.15. The molecule has 0 bridgehead atoms. The standard InChI is InChI=1S/C14H13BrN2S/c15-11-6-2-1-4-9(11)8-13-16-12-7-3-5-10(12)14(18)17-13/h1-2,4,6H,3,5,7-8H2,(H,16,17,18). The van der Waals surface area contributed by atoms with Crippen molar-refractivity contribution in [3.05, 3.63) is 56.0 Å². The second kappa shape index (κ2) is 4.94. The summed E-state index contributed by atoms with van der Waals surface area (Å²) < 4.78 is 1.90. The molecule has 0 radical (unpaired) electrons. The van der Waals surface area contributed by atoms with Gasteiger partial charge in [-0.25, -0.2) is 4.98 Å². The van der Waals surface area contributed by atoms with E-state index in [1.54, 1.807) is 0 Å². The average Bonchev–Trinajstić information content (AvgIpc) is 2.81. The van der Waals surface area contributed by atoms with Gasteiger partial charge >= 0.3 is 0 Å². The minimum absolute atomic E-state index is 0.781. The Balaban J connectivity index is 1.97. The maximum absolute atomic E-state index is 5.37. The Morgan fingerprint density at radius 1 is 1.28 bits per heavy atom. The molecule has 1 heterocycles. The van der Waals surface area contributed by atoms with E-state index in [9.17, 15) is 0 Å². The summed E-state index contributed by atoms with van der Waals surface area (Å²) in [5.41, 5.74) is 3.77. The Morgan fingerprint density at radius 2 is 2.11 bits per heavy atom. The molecule has 92 valence electrons. The van der Waals surface area contributed by atoms with Crippen LogP contribution in [0.2, 0.25) is 0 Å². The molecule has 1 aromatic heterocycles. The third-order valence-electron chi connectivity index (χ3n) is 3.32. The summed E-state index contributed by atoms with van der Waals surface area (Å²) in [5, 5.41) is 0. The van der Waals surface area contributed by atoms with Crippen LogP contribution in [0.3, 0.4) is 0 Å². The van der Waals surface area contributed by atoms with Crippen LogP contribution in [-0.2, 0) is 19.3 Å². The molecule has 2 nitrogen and oxygen atoms in total. The normalized spacial score (nSPS) is 13.6. The van der Waals surface area contributed by atoms with Gasteiger partial charge in [-0.3, -0.25) is 0 Å². The Morgan fingerprint density at radius 3 is 2.94 bits per heavy atom. The fraction of sp³-hybridized carbons (Fsp3) is 0.286. The number of hydrogen-bond acceptors (Lipinski definition) is 2. The maximum Gasteiger partial charge on any atom is 0.133 e. The number of halogens is 1. The quantitative estimate of drug-likeness (QED) is 0.848. The van der Waals surface area contributed by atoms with Gasteiger partial charge in [0.1, 0.15) is 10.5 Å². The summed E-state index contributed by atoms with van der Waals surface area (Å²) in [7, 11) is 0. The summed E-state index contributed by atoms with van der Waals surface area (Å²) in [4.78, 5) is 7.96. The van der Waals surface area contributed by atoms with Crippen LogP contribution in [0.4, 0.5) is 0 Å². The first kappa shape index (κ1) is 12.1. The molecule has 1 aliphatic rings. The van der Waals surface area contributed by atoms with Gasteiger partial charge in [-0.1, -0.05) is 46.3 Å². The zero-order valence-corrected chi connectivity index (χ0v) is 12.3. The van der Waals surface area contributed by atoms with Crippen molar-refractivity contribution in [2.45, 2.75) is 25.7 Å². The van der Waals surface area contributed by atoms with Gasteiger partial charge < -0.3 is 4.98 Å². The molecule has 1 aromatic carbocycles. The minimum atomic E-state index is 0.781. The topological polar surface area (TPSA) is 28.7 Å². The van der Waals surface area contributed by atoms with E-state index in [0.717, 1.165) is 34.2 Å². The van der Waals surface area contributed by atoms with Crippen molar-refractivity contribution in [3.8, 4) is 0 Å². The molecule has 1 aliphatic carbocycles. The highest BCUT2D eigenvalue weighted by atomic mass is 79.9. The summed E-state index contributed by atoms with van der Waals surface area (Å²) in [6.45, 7) is 0. The molecule has 0 saturated carbocycles. The van der Waals surface area contributed by atoms with Crippen LogP contribution in [0.1, 0.15) is 29.1 Å². The van der Waals surface area contributed by atoms with Crippen molar-refractivity contribution < 1.29 is 0 Å². The van der Waals surface area contributed by atoms with Crippen LogP contribution in [0, 0.1) is 4.64 Å². The summed E-state index contributed by atoms with van der Waals surface area (Å²) >= 11 is 8.94. The van der Waals surface area contributed by atoms with Crippen LogP contribution < -0.4 is 0 Å². The molecule has 0 unspecified atom stereocenters. The lowest BCUT2D eigenvalue weighted by Gasteiger charge is -2.07. The third-order valence-corrected chi connectivity index (χ3v) is 4.43. The van der Waals surface area contributed by atoms with Gasteiger partial charge in [-0.2, -0.15) is 0 Å². The van der Waals surface area contributed by atoms with Gasteiger partial charge in [-0.05, 0) is 30.9 Å². The minimum Gasteiger partial charge on any atom is -0.347 e. The highest BCUT2D eigenvalue weighted by Crippen LogP contribution is 2.22. The number of nitrogens with one attached hydrogen (secondary N) is 1. The Bertz CT molecular complexity index is 648. The first-order chi connectivity index (χ1) is 8.74. The zero-order valence-electron chi connectivity index (χ0n) is 9.87. The lowest BCUT2D eigenvalue weighted by Crippen LogP contribution is -2.02. The number of fused-ring (bicyclic) bond motifs is 1. The first-order valence-corrected chi connectivity index (χ1v) is 7.28. The lowest BCUT2D eigenvalue weighted by molar-refractivity contribution is 0.884. The number of nitrogens with zero attached hydrogens (tertiary/aromatic N) is 1. The Kier molecular flexibility index (Phi) is 3.31. The van der Waals surface area contributed by atoms with E-state index in [-0.39, 0.29) is 0 Å². The van der Waals surface area contributed by atoms with Crippen LogP contribution >= 0.6 is 28.1 Å². The average molecular weight is 321 g/mol. The molecule has 0 aliphatic heterocycles. The monoisotopic (exact) mass is 320 g/mol. The second-order valence-electron chi connectivity index (χ2n) is 4.57. The molecule has 0 atom stereocenters. The molecule has 0 saturated heterocycles. The van der Waals surface area contributed by atoms with Crippen LogP contribution in [-0.4, -0.2) is 9.97 Å². The van der Waals surface area contributed by atoms with Gasteiger partial charge in [0.15, 0.2) is 0 Å². The molecule has 4 heteroatoms. The molecule has 0 spiro atoms. The van der Waals surface area contributed by atoms with Gasteiger partial charge in [0.2, 0.25) is 0 Å². The third kappa shape index (κ3) is 2.27. The molecule has 0 amide bonds. The molecule has 3 rings (SSSR count). The fourth-order valence-electron chi connectivity index (χ4n) is 2.42. The van der Waals surface area contributed by atoms with Crippen molar-refractivity contribution in [1.82, 2.24) is 9.97 Å². The first-order valence-electron chi connectivity index (χ1n) is 6.08. The molecule has 2 aromatic rings.